The number of thiazole rings is 1. The maximum atomic E-state index is 12.5. The second-order valence-electron chi connectivity index (χ2n) is 7.48. The van der Waals surface area contributed by atoms with Gasteiger partial charge in [-0.05, 0) is 63.0 Å². The summed E-state index contributed by atoms with van der Waals surface area (Å²) >= 11 is 0.816. The van der Waals surface area contributed by atoms with Crippen molar-refractivity contribution in [3.8, 4) is 5.75 Å². The molecule has 162 valence electrons. The number of rotatable bonds is 6. The van der Waals surface area contributed by atoms with E-state index in [1.165, 1.54) is 11.6 Å². The summed E-state index contributed by atoms with van der Waals surface area (Å²) in [4.78, 5) is 26.7. The van der Waals surface area contributed by atoms with Gasteiger partial charge in [-0.2, -0.15) is 0 Å². The number of aromatic nitrogens is 1. The Hall–Kier alpha value is -3.20. The monoisotopic (exact) mass is 441 g/mol. The van der Waals surface area contributed by atoms with E-state index in [-0.39, 0.29) is 10.1 Å². The van der Waals surface area contributed by atoms with Gasteiger partial charge in [0, 0.05) is 34.6 Å². The number of benzene rings is 1. The lowest BCUT2D eigenvalue weighted by Gasteiger charge is -2.15. The Morgan fingerprint density at radius 1 is 1.42 bits per heavy atom. The zero-order chi connectivity index (χ0) is 22.1. The van der Waals surface area contributed by atoms with E-state index in [9.17, 15) is 14.9 Å². The first-order valence-corrected chi connectivity index (χ1v) is 11.0. The molecular weight excluding hydrogens is 418 g/mol. The van der Waals surface area contributed by atoms with E-state index in [2.05, 4.69) is 10.3 Å². The third-order valence-corrected chi connectivity index (χ3v) is 6.26. The minimum atomic E-state index is -0.535. The Labute approximate surface area is 183 Å². The van der Waals surface area contributed by atoms with Crippen LogP contribution in [0.5, 0.6) is 5.75 Å². The molecule has 0 bridgehead atoms. The van der Waals surface area contributed by atoms with Crippen molar-refractivity contribution >= 4 is 43.9 Å². The summed E-state index contributed by atoms with van der Waals surface area (Å²) in [5.41, 5.74) is 4.59. The molecular formula is C22H23N3O5S. The average Bonchev–Trinajstić information content (AvgIpc) is 3.35. The predicted octanol–water partition coefficient (Wildman–Crippen LogP) is 5.43. The second-order valence-corrected chi connectivity index (χ2v) is 8.49. The summed E-state index contributed by atoms with van der Waals surface area (Å²) in [5.74, 6) is 1.34. The number of carbonyl (C=O) groups is 1. The van der Waals surface area contributed by atoms with Crippen molar-refractivity contribution in [2.45, 2.75) is 46.5 Å². The Kier molecular flexibility index (Phi) is 5.77. The summed E-state index contributed by atoms with van der Waals surface area (Å²) < 4.78 is 12.1. The van der Waals surface area contributed by atoms with Crippen molar-refractivity contribution in [3.63, 3.8) is 0 Å². The molecule has 2 heterocycles. The van der Waals surface area contributed by atoms with Gasteiger partial charge in [0.2, 0.25) is 5.91 Å². The molecule has 1 N–H and O–H groups in total. The van der Waals surface area contributed by atoms with Crippen LogP contribution in [-0.2, 0) is 17.6 Å². The highest BCUT2D eigenvalue weighted by Gasteiger charge is 2.23. The largest absolute Gasteiger partial charge is 0.493 e. The quantitative estimate of drug-likeness (QED) is 0.311. The van der Waals surface area contributed by atoms with E-state index >= 15 is 0 Å². The van der Waals surface area contributed by atoms with E-state index in [0.29, 0.717) is 12.4 Å². The molecule has 1 aromatic carbocycles. The molecule has 31 heavy (non-hydrogen) atoms. The Bertz CT molecular complexity index is 1210. The van der Waals surface area contributed by atoms with Gasteiger partial charge in [0.05, 0.1) is 11.5 Å². The van der Waals surface area contributed by atoms with Crippen molar-refractivity contribution in [1.29, 1.82) is 0 Å². The highest BCUT2D eigenvalue weighted by atomic mass is 32.1. The molecule has 0 atom stereocenters. The van der Waals surface area contributed by atoms with Gasteiger partial charge in [-0.25, -0.2) is 4.98 Å². The molecule has 2 aromatic heterocycles. The molecule has 1 aliphatic carbocycles. The van der Waals surface area contributed by atoms with Crippen LogP contribution in [0.1, 0.15) is 49.1 Å². The van der Waals surface area contributed by atoms with E-state index in [0.717, 1.165) is 76.6 Å². The van der Waals surface area contributed by atoms with Crippen LogP contribution in [0.3, 0.4) is 0 Å². The molecule has 0 fully saturated rings. The van der Waals surface area contributed by atoms with E-state index in [4.69, 9.17) is 9.15 Å². The normalized spacial score (nSPS) is 13.8. The number of amides is 1. The van der Waals surface area contributed by atoms with Crippen LogP contribution in [0.2, 0.25) is 0 Å². The van der Waals surface area contributed by atoms with Crippen molar-refractivity contribution in [2.75, 3.05) is 11.9 Å². The number of carbonyl (C=O) groups excluding carboxylic acids is 1. The van der Waals surface area contributed by atoms with Crippen LogP contribution in [0.25, 0.3) is 16.5 Å². The smallest absolute Gasteiger partial charge is 0.345 e. The first-order valence-electron chi connectivity index (χ1n) is 10.2. The van der Waals surface area contributed by atoms with Gasteiger partial charge in [-0.3, -0.25) is 20.2 Å². The molecule has 8 nitrogen and oxygen atoms in total. The number of nitro groups is 1. The van der Waals surface area contributed by atoms with E-state index in [1.54, 1.807) is 0 Å². The van der Waals surface area contributed by atoms with Gasteiger partial charge in [0.25, 0.3) is 0 Å². The van der Waals surface area contributed by atoms with Gasteiger partial charge in [-0.15, -0.1) is 0 Å². The molecule has 1 aliphatic rings. The molecule has 0 saturated carbocycles. The fourth-order valence-corrected chi connectivity index (χ4v) is 4.62. The van der Waals surface area contributed by atoms with Gasteiger partial charge in [0.15, 0.2) is 5.13 Å². The van der Waals surface area contributed by atoms with Crippen molar-refractivity contribution in [3.05, 3.63) is 50.9 Å². The van der Waals surface area contributed by atoms with Crippen LogP contribution >= 0.6 is 11.3 Å². The number of furan rings is 1. The Morgan fingerprint density at radius 3 is 2.90 bits per heavy atom. The Morgan fingerprint density at radius 2 is 2.19 bits per heavy atom. The lowest BCUT2D eigenvalue weighted by Crippen LogP contribution is -2.08. The third kappa shape index (κ3) is 4.05. The van der Waals surface area contributed by atoms with Gasteiger partial charge in [0.1, 0.15) is 23.3 Å². The number of nitrogens with one attached hydrogen (secondary N) is 1. The average molecular weight is 442 g/mol. The van der Waals surface area contributed by atoms with Gasteiger partial charge in [-0.1, -0.05) is 0 Å². The maximum Gasteiger partial charge on any atom is 0.345 e. The van der Waals surface area contributed by atoms with E-state index in [1.807, 2.05) is 26.8 Å². The zero-order valence-corrected chi connectivity index (χ0v) is 18.4. The van der Waals surface area contributed by atoms with Crippen LogP contribution in [0.15, 0.2) is 22.8 Å². The molecule has 0 radical (unpaired) electrons. The molecule has 0 unspecified atom stereocenters. The number of nitrogens with zero attached hydrogens (tertiary/aromatic N) is 2. The number of hydrogen-bond acceptors (Lipinski definition) is 7. The summed E-state index contributed by atoms with van der Waals surface area (Å²) in [7, 11) is 0. The standard InChI is InChI=1S/C22H23N3O5S/c1-4-29-20-13(3)21-16(14-7-5-6-8-17(14)30-21)10-15(20)12(2)9-18(26)24-22-23-11-19(31-22)25(27)28/h9-11H,4-8H2,1-3H3,(H,23,24,26)/b12-9+. The Balaban J connectivity index is 1.71. The van der Waals surface area contributed by atoms with Crippen molar-refractivity contribution in [2.24, 2.45) is 0 Å². The molecule has 3 aromatic rings. The number of ether oxygens (including phenoxy) is 1. The topological polar surface area (TPSA) is 108 Å². The van der Waals surface area contributed by atoms with Gasteiger partial charge >= 0.3 is 5.00 Å². The summed E-state index contributed by atoms with van der Waals surface area (Å²) in [6.45, 7) is 6.23. The molecule has 0 spiro atoms. The number of fused-ring (bicyclic) bond motifs is 3. The molecule has 4 rings (SSSR count). The highest BCUT2D eigenvalue weighted by molar-refractivity contribution is 7.18. The first-order chi connectivity index (χ1) is 14.9. The first kappa shape index (κ1) is 21.0. The van der Waals surface area contributed by atoms with Crippen LogP contribution in [0, 0.1) is 17.0 Å². The van der Waals surface area contributed by atoms with Crippen molar-refractivity contribution < 1.29 is 18.9 Å². The highest BCUT2D eigenvalue weighted by Crippen LogP contribution is 2.41. The second kappa shape index (κ2) is 8.50. The fraction of sp³-hybridized carbons (Fsp3) is 0.364. The maximum absolute atomic E-state index is 12.5. The zero-order valence-electron chi connectivity index (χ0n) is 17.6. The summed E-state index contributed by atoms with van der Waals surface area (Å²) in [6.07, 6.45) is 6.79. The molecule has 0 saturated heterocycles. The predicted molar refractivity (Wildman–Crippen MR) is 120 cm³/mol. The minimum absolute atomic E-state index is 0.125. The van der Waals surface area contributed by atoms with Crippen LogP contribution < -0.4 is 10.1 Å². The number of aryl methyl sites for hydroxylation is 3. The molecule has 0 aliphatic heterocycles. The molecule has 9 heteroatoms. The van der Waals surface area contributed by atoms with E-state index < -0.39 is 10.8 Å². The lowest BCUT2D eigenvalue weighted by molar-refractivity contribution is -0.380. The number of allylic oxidation sites excluding steroid dienone is 1. The van der Waals surface area contributed by atoms with Crippen molar-refractivity contribution in [1.82, 2.24) is 4.98 Å². The third-order valence-electron chi connectivity index (χ3n) is 5.39. The minimum Gasteiger partial charge on any atom is -0.493 e. The number of hydrogen-bond donors (Lipinski definition) is 1. The fourth-order valence-electron chi connectivity index (χ4n) is 3.98. The lowest BCUT2D eigenvalue weighted by atomic mass is 9.93. The SMILES string of the molecule is CCOc1c(/C(C)=C/C(=O)Nc2ncc([N+](=O)[O-])s2)cc2c3c(oc2c1C)CCCC3. The summed E-state index contributed by atoms with van der Waals surface area (Å²) in [6, 6.07) is 2.05. The summed E-state index contributed by atoms with van der Waals surface area (Å²) in [5, 5.41) is 14.5. The molecule has 1 amide bonds. The van der Waals surface area contributed by atoms with Crippen LogP contribution in [-0.4, -0.2) is 22.4 Å². The van der Waals surface area contributed by atoms with Gasteiger partial charge < -0.3 is 9.15 Å². The number of anilines is 1. The van der Waals surface area contributed by atoms with Crippen LogP contribution in [0.4, 0.5) is 10.1 Å².